The predicted octanol–water partition coefficient (Wildman–Crippen LogP) is 0.840. The quantitative estimate of drug-likeness (QED) is 0.700. The van der Waals surface area contributed by atoms with Gasteiger partial charge in [0.05, 0.1) is 25.4 Å². The van der Waals surface area contributed by atoms with Crippen LogP contribution in [0.15, 0.2) is 24.3 Å². The van der Waals surface area contributed by atoms with Crippen molar-refractivity contribution in [2.75, 3.05) is 18.5 Å². The third kappa shape index (κ3) is 2.30. The van der Waals surface area contributed by atoms with Crippen LogP contribution < -0.4 is 5.32 Å². The number of rotatable bonds is 2. The van der Waals surface area contributed by atoms with Crippen LogP contribution in [0.2, 0.25) is 0 Å². The first kappa shape index (κ1) is 10.0. The van der Waals surface area contributed by atoms with Gasteiger partial charge in [0, 0.05) is 11.3 Å². The summed E-state index contributed by atoms with van der Waals surface area (Å²) in [6.07, 6.45) is 4.86. The van der Waals surface area contributed by atoms with Gasteiger partial charge in [-0.25, -0.2) is 0 Å². The van der Waals surface area contributed by atoms with Crippen molar-refractivity contribution in [2.24, 2.45) is 0 Å². The molecule has 3 nitrogen and oxygen atoms in total. The van der Waals surface area contributed by atoms with E-state index in [1.54, 1.807) is 0 Å². The fourth-order valence-electron chi connectivity index (χ4n) is 1.59. The summed E-state index contributed by atoms with van der Waals surface area (Å²) in [6, 6.07) is 7.52. The molecule has 1 fully saturated rings. The van der Waals surface area contributed by atoms with E-state index in [0.29, 0.717) is 13.2 Å². The molecule has 0 amide bonds. The van der Waals surface area contributed by atoms with Crippen molar-refractivity contribution in [1.29, 1.82) is 0 Å². The maximum absolute atomic E-state index is 9.55. The Kier molecular flexibility index (Phi) is 2.91. The van der Waals surface area contributed by atoms with Gasteiger partial charge < -0.3 is 15.2 Å². The Hall–Kier alpha value is -1.50. The minimum Gasteiger partial charge on any atom is -0.388 e. The Balaban J connectivity index is 2.07. The summed E-state index contributed by atoms with van der Waals surface area (Å²) in [5, 5.41) is 12.7. The molecule has 1 aliphatic rings. The molecule has 2 rings (SSSR count). The largest absolute Gasteiger partial charge is 0.388 e. The highest BCUT2D eigenvalue weighted by Gasteiger charge is 2.25. The Labute approximate surface area is 89.1 Å². The standard InChI is InChI=1S/C12H13NO2/c1-2-9-4-3-5-10(6-9)13-11-7-15-8-12(11)14/h1,3-6,11-14H,7-8H2. The Bertz CT molecular complexity index is 383. The van der Waals surface area contributed by atoms with Crippen LogP contribution in [0, 0.1) is 12.3 Å². The molecule has 0 saturated carbocycles. The first-order valence-corrected chi connectivity index (χ1v) is 4.88. The molecule has 0 aliphatic carbocycles. The molecule has 78 valence electrons. The van der Waals surface area contributed by atoms with Crippen molar-refractivity contribution in [3.05, 3.63) is 29.8 Å². The number of hydrogen-bond acceptors (Lipinski definition) is 3. The molecule has 2 unspecified atom stereocenters. The summed E-state index contributed by atoms with van der Waals surface area (Å²) in [5.41, 5.74) is 1.74. The zero-order valence-corrected chi connectivity index (χ0v) is 8.31. The lowest BCUT2D eigenvalue weighted by molar-refractivity contribution is 0.125. The summed E-state index contributed by atoms with van der Waals surface area (Å²) in [6.45, 7) is 0.925. The molecule has 0 spiro atoms. The minimum absolute atomic E-state index is 0.0435. The van der Waals surface area contributed by atoms with Gasteiger partial charge in [-0.1, -0.05) is 12.0 Å². The minimum atomic E-state index is -0.445. The molecule has 2 N–H and O–H groups in total. The normalized spacial score (nSPS) is 24.8. The van der Waals surface area contributed by atoms with Gasteiger partial charge in [0.15, 0.2) is 0 Å². The molecule has 2 atom stereocenters. The molecule has 1 aromatic rings. The van der Waals surface area contributed by atoms with Crippen LogP contribution in [0.25, 0.3) is 0 Å². The predicted molar refractivity (Wildman–Crippen MR) is 58.6 cm³/mol. The average Bonchev–Trinajstić information content (AvgIpc) is 2.65. The molecule has 3 heteroatoms. The van der Waals surface area contributed by atoms with Gasteiger partial charge in [-0.2, -0.15) is 0 Å². The third-order valence-electron chi connectivity index (χ3n) is 2.43. The molecule has 1 aromatic carbocycles. The van der Waals surface area contributed by atoms with Crippen molar-refractivity contribution in [2.45, 2.75) is 12.1 Å². The van der Waals surface area contributed by atoms with Gasteiger partial charge >= 0.3 is 0 Å². The highest BCUT2D eigenvalue weighted by Crippen LogP contribution is 2.15. The average molecular weight is 203 g/mol. The van der Waals surface area contributed by atoms with E-state index in [1.807, 2.05) is 24.3 Å². The van der Waals surface area contributed by atoms with E-state index in [2.05, 4.69) is 11.2 Å². The fraction of sp³-hybridized carbons (Fsp3) is 0.333. The zero-order valence-electron chi connectivity index (χ0n) is 8.31. The van der Waals surface area contributed by atoms with Crippen molar-refractivity contribution >= 4 is 5.69 Å². The zero-order chi connectivity index (χ0) is 10.7. The molecule has 0 radical (unpaired) electrons. The van der Waals surface area contributed by atoms with Gasteiger partial charge in [0.25, 0.3) is 0 Å². The fourth-order valence-corrected chi connectivity index (χ4v) is 1.59. The van der Waals surface area contributed by atoms with Crippen LogP contribution in [0.5, 0.6) is 0 Å². The van der Waals surface area contributed by atoms with Crippen molar-refractivity contribution in [3.8, 4) is 12.3 Å². The van der Waals surface area contributed by atoms with E-state index in [9.17, 15) is 5.11 Å². The van der Waals surface area contributed by atoms with E-state index in [4.69, 9.17) is 11.2 Å². The summed E-state index contributed by atoms with van der Waals surface area (Å²) < 4.78 is 5.15. The number of aliphatic hydroxyl groups excluding tert-OH is 1. The molecule has 1 saturated heterocycles. The van der Waals surface area contributed by atoms with Gasteiger partial charge in [-0.15, -0.1) is 6.42 Å². The second kappa shape index (κ2) is 4.35. The number of terminal acetylenes is 1. The lowest BCUT2D eigenvalue weighted by atomic mass is 10.1. The van der Waals surface area contributed by atoms with Gasteiger partial charge in [-0.3, -0.25) is 0 Å². The topological polar surface area (TPSA) is 41.5 Å². The monoisotopic (exact) mass is 203 g/mol. The SMILES string of the molecule is C#Cc1cccc(NC2COCC2O)c1. The Morgan fingerprint density at radius 2 is 2.33 bits per heavy atom. The van der Waals surface area contributed by atoms with Crippen LogP contribution in [0.3, 0.4) is 0 Å². The van der Waals surface area contributed by atoms with Gasteiger partial charge in [-0.05, 0) is 18.2 Å². The molecular formula is C12H13NO2. The number of benzene rings is 1. The molecular weight excluding hydrogens is 190 g/mol. The number of nitrogens with one attached hydrogen (secondary N) is 1. The number of ether oxygens (including phenoxy) is 1. The second-order valence-corrected chi connectivity index (χ2v) is 3.58. The lowest BCUT2D eigenvalue weighted by Gasteiger charge is -2.15. The van der Waals surface area contributed by atoms with Crippen LogP contribution in [-0.2, 0) is 4.74 Å². The number of anilines is 1. The van der Waals surface area contributed by atoms with E-state index in [0.717, 1.165) is 11.3 Å². The Morgan fingerprint density at radius 1 is 1.47 bits per heavy atom. The van der Waals surface area contributed by atoms with Crippen LogP contribution in [0.4, 0.5) is 5.69 Å². The van der Waals surface area contributed by atoms with E-state index in [1.165, 1.54) is 0 Å². The number of aliphatic hydroxyl groups is 1. The van der Waals surface area contributed by atoms with E-state index in [-0.39, 0.29) is 6.04 Å². The summed E-state index contributed by atoms with van der Waals surface area (Å²) in [7, 11) is 0. The van der Waals surface area contributed by atoms with Crippen LogP contribution in [0.1, 0.15) is 5.56 Å². The molecule has 1 heterocycles. The van der Waals surface area contributed by atoms with E-state index < -0.39 is 6.10 Å². The summed E-state index contributed by atoms with van der Waals surface area (Å²) in [5.74, 6) is 2.57. The highest BCUT2D eigenvalue weighted by atomic mass is 16.5. The van der Waals surface area contributed by atoms with Gasteiger partial charge in [0.2, 0.25) is 0 Å². The molecule has 0 aromatic heterocycles. The summed E-state index contributed by atoms with van der Waals surface area (Å²) >= 11 is 0. The second-order valence-electron chi connectivity index (χ2n) is 3.58. The molecule has 1 aliphatic heterocycles. The van der Waals surface area contributed by atoms with Crippen molar-refractivity contribution in [3.63, 3.8) is 0 Å². The van der Waals surface area contributed by atoms with Crippen molar-refractivity contribution < 1.29 is 9.84 Å². The maximum Gasteiger partial charge on any atom is 0.0996 e. The number of hydrogen-bond donors (Lipinski definition) is 2. The Morgan fingerprint density at radius 3 is 3.00 bits per heavy atom. The lowest BCUT2D eigenvalue weighted by Crippen LogP contribution is -2.31. The van der Waals surface area contributed by atoms with Crippen LogP contribution in [-0.4, -0.2) is 30.5 Å². The molecule has 0 bridgehead atoms. The highest BCUT2D eigenvalue weighted by molar-refractivity contribution is 5.50. The van der Waals surface area contributed by atoms with Crippen LogP contribution >= 0.6 is 0 Å². The molecule has 15 heavy (non-hydrogen) atoms. The van der Waals surface area contributed by atoms with E-state index >= 15 is 0 Å². The van der Waals surface area contributed by atoms with Crippen molar-refractivity contribution in [1.82, 2.24) is 0 Å². The smallest absolute Gasteiger partial charge is 0.0996 e. The first-order valence-electron chi connectivity index (χ1n) is 4.88. The van der Waals surface area contributed by atoms with Gasteiger partial charge in [0.1, 0.15) is 0 Å². The maximum atomic E-state index is 9.55. The first-order chi connectivity index (χ1) is 7.29. The third-order valence-corrected chi connectivity index (χ3v) is 2.43. The summed E-state index contributed by atoms with van der Waals surface area (Å²) in [4.78, 5) is 0.